The van der Waals surface area contributed by atoms with E-state index < -0.39 is 0 Å². The third-order valence-electron chi connectivity index (χ3n) is 7.73. The van der Waals surface area contributed by atoms with Gasteiger partial charge in [0.2, 0.25) is 0 Å². The van der Waals surface area contributed by atoms with Crippen LogP contribution in [-0.4, -0.2) is 68.5 Å². The Morgan fingerprint density at radius 3 is 2.41 bits per heavy atom. The lowest BCUT2D eigenvalue weighted by Crippen LogP contribution is -2.49. The Hall–Kier alpha value is -3.91. The molecule has 8 heteroatoms. The fourth-order valence-corrected chi connectivity index (χ4v) is 5.29. The summed E-state index contributed by atoms with van der Waals surface area (Å²) in [6.07, 6.45) is 0.581. The average Bonchev–Trinajstić information content (AvgIpc) is 3.40. The molecule has 5 rings (SSSR count). The molecule has 0 saturated carbocycles. The summed E-state index contributed by atoms with van der Waals surface area (Å²) in [6, 6.07) is 18.5. The molecule has 39 heavy (non-hydrogen) atoms. The number of nitrogens with zero attached hydrogens (tertiary/aromatic N) is 4. The Morgan fingerprint density at radius 1 is 0.949 bits per heavy atom. The number of hydrogen-bond acceptors (Lipinski definition) is 6. The molecule has 2 heterocycles. The topological polar surface area (TPSA) is 57.6 Å². The molecule has 2 aliphatic rings. The first-order chi connectivity index (χ1) is 18.9. The molecule has 0 bridgehead atoms. The summed E-state index contributed by atoms with van der Waals surface area (Å²) < 4.78 is 25.4. The van der Waals surface area contributed by atoms with Crippen molar-refractivity contribution in [2.45, 2.75) is 26.3 Å². The molecule has 204 valence electrons. The van der Waals surface area contributed by atoms with E-state index in [1.54, 1.807) is 31.4 Å². The summed E-state index contributed by atoms with van der Waals surface area (Å²) in [5.74, 6) is 1.06. The van der Waals surface area contributed by atoms with Crippen molar-refractivity contribution in [1.29, 1.82) is 0 Å². The summed E-state index contributed by atoms with van der Waals surface area (Å²) in [4.78, 5) is 17.9. The molecule has 0 radical (unpaired) electrons. The van der Waals surface area contributed by atoms with E-state index in [0.29, 0.717) is 49.8 Å². The van der Waals surface area contributed by atoms with Gasteiger partial charge in [-0.05, 0) is 60.9 Å². The average molecular weight is 531 g/mol. The molecule has 0 N–H and O–H groups in total. The number of methoxy groups -OCH3 is 2. The summed E-state index contributed by atoms with van der Waals surface area (Å²) in [7, 11) is 3.24. The Morgan fingerprint density at radius 2 is 1.72 bits per heavy atom. The molecule has 0 aliphatic carbocycles. The van der Waals surface area contributed by atoms with E-state index in [4.69, 9.17) is 14.6 Å². The maximum atomic E-state index is 14.3. The standard InChI is InChI=1S/C31H35FN4O3/c1-21-9-10-23(17-22(21)2)27-19-29(25-12-11-24(38-3)18-30(25)39-4)36(33-27)31(37)20-34-13-15-35(16-14-34)28-8-6-5-7-26(28)32/h5-12,17-18,29H,13-16,19-20H2,1-4H3/t29-/m0/s1. The van der Waals surface area contributed by atoms with Crippen molar-refractivity contribution in [3.63, 3.8) is 0 Å². The van der Waals surface area contributed by atoms with Crippen molar-refractivity contribution < 1.29 is 18.7 Å². The van der Waals surface area contributed by atoms with Gasteiger partial charge >= 0.3 is 0 Å². The minimum atomic E-state index is -0.297. The Balaban J connectivity index is 1.37. The normalized spacial score (nSPS) is 17.8. The predicted octanol–water partition coefficient (Wildman–Crippen LogP) is 4.96. The number of hydrogen-bond donors (Lipinski definition) is 0. The van der Waals surface area contributed by atoms with E-state index in [-0.39, 0.29) is 24.3 Å². The van der Waals surface area contributed by atoms with Crippen LogP contribution in [-0.2, 0) is 4.79 Å². The number of carbonyl (C=O) groups excluding carboxylic acids is 1. The van der Waals surface area contributed by atoms with Crippen molar-refractivity contribution >= 4 is 17.3 Å². The van der Waals surface area contributed by atoms with Crippen LogP contribution >= 0.6 is 0 Å². The molecule has 2 aliphatic heterocycles. The number of rotatable bonds is 7. The van der Waals surface area contributed by atoms with Crippen LogP contribution in [0.2, 0.25) is 0 Å². The zero-order valence-corrected chi connectivity index (χ0v) is 23.0. The van der Waals surface area contributed by atoms with Gasteiger partial charge in [-0.25, -0.2) is 9.40 Å². The number of para-hydroxylation sites is 1. The first-order valence-electron chi connectivity index (χ1n) is 13.3. The number of hydrazone groups is 1. The second-order valence-corrected chi connectivity index (χ2v) is 10.1. The molecular formula is C31H35FN4O3. The fraction of sp³-hybridized carbons (Fsp3) is 0.355. The number of anilines is 1. The van der Waals surface area contributed by atoms with Crippen LogP contribution < -0.4 is 14.4 Å². The quantitative estimate of drug-likeness (QED) is 0.432. The van der Waals surface area contributed by atoms with Crippen LogP contribution in [0, 0.1) is 19.7 Å². The molecule has 3 aromatic rings. The van der Waals surface area contributed by atoms with Crippen LogP contribution in [0.25, 0.3) is 0 Å². The molecular weight excluding hydrogens is 495 g/mol. The Kier molecular flexibility index (Phi) is 7.84. The Bertz CT molecular complexity index is 1380. The summed E-state index contributed by atoms with van der Waals surface area (Å²) >= 11 is 0. The number of halogens is 1. The molecule has 3 aromatic carbocycles. The zero-order valence-electron chi connectivity index (χ0n) is 23.0. The van der Waals surface area contributed by atoms with Gasteiger partial charge in [0, 0.05) is 44.2 Å². The van der Waals surface area contributed by atoms with Crippen molar-refractivity contribution in [3.8, 4) is 11.5 Å². The minimum Gasteiger partial charge on any atom is -0.497 e. The fourth-order valence-electron chi connectivity index (χ4n) is 5.29. The van der Waals surface area contributed by atoms with Gasteiger partial charge in [0.1, 0.15) is 17.3 Å². The van der Waals surface area contributed by atoms with Gasteiger partial charge in [-0.3, -0.25) is 9.69 Å². The van der Waals surface area contributed by atoms with Gasteiger partial charge in [-0.2, -0.15) is 5.10 Å². The van der Waals surface area contributed by atoms with Crippen LogP contribution in [0.1, 0.15) is 34.7 Å². The lowest BCUT2D eigenvalue weighted by atomic mass is 9.96. The number of benzene rings is 3. The van der Waals surface area contributed by atoms with E-state index in [1.165, 1.54) is 17.2 Å². The Labute approximate surface area is 229 Å². The lowest BCUT2D eigenvalue weighted by molar-refractivity contribution is -0.134. The maximum absolute atomic E-state index is 14.3. The van der Waals surface area contributed by atoms with Crippen molar-refractivity contribution in [3.05, 3.63) is 88.7 Å². The van der Waals surface area contributed by atoms with Gasteiger partial charge < -0.3 is 14.4 Å². The van der Waals surface area contributed by atoms with Gasteiger partial charge in [-0.15, -0.1) is 0 Å². The number of amides is 1. The third kappa shape index (κ3) is 5.61. The highest BCUT2D eigenvalue weighted by Gasteiger charge is 2.36. The highest BCUT2D eigenvalue weighted by molar-refractivity contribution is 6.03. The largest absolute Gasteiger partial charge is 0.497 e. The molecule has 1 saturated heterocycles. The van der Waals surface area contributed by atoms with Crippen LogP contribution in [0.3, 0.4) is 0 Å². The van der Waals surface area contributed by atoms with Gasteiger partial charge in [0.15, 0.2) is 0 Å². The van der Waals surface area contributed by atoms with E-state index in [9.17, 15) is 9.18 Å². The van der Waals surface area contributed by atoms with Crippen LogP contribution in [0.4, 0.5) is 10.1 Å². The monoisotopic (exact) mass is 530 g/mol. The molecule has 1 amide bonds. The predicted molar refractivity (Wildman–Crippen MR) is 151 cm³/mol. The first-order valence-corrected chi connectivity index (χ1v) is 13.3. The molecule has 0 aromatic heterocycles. The third-order valence-corrected chi connectivity index (χ3v) is 7.73. The zero-order chi connectivity index (χ0) is 27.5. The van der Waals surface area contributed by atoms with Crippen LogP contribution in [0.5, 0.6) is 11.5 Å². The van der Waals surface area contributed by atoms with Crippen molar-refractivity contribution in [2.75, 3.05) is 51.8 Å². The van der Waals surface area contributed by atoms with E-state index in [0.717, 1.165) is 16.8 Å². The summed E-state index contributed by atoms with van der Waals surface area (Å²) in [5.41, 5.74) is 5.79. The minimum absolute atomic E-state index is 0.0731. The number of aryl methyl sites for hydroxylation is 2. The summed E-state index contributed by atoms with van der Waals surface area (Å²) in [6.45, 7) is 7.05. The number of piperazine rings is 1. The van der Waals surface area contributed by atoms with E-state index in [1.807, 2.05) is 29.2 Å². The SMILES string of the molecule is COc1ccc([C@@H]2CC(c3ccc(C)c(C)c3)=NN2C(=O)CN2CCN(c3ccccc3F)CC2)c(OC)c1. The summed E-state index contributed by atoms with van der Waals surface area (Å²) in [5, 5.41) is 6.49. The van der Waals surface area contributed by atoms with Crippen molar-refractivity contribution in [1.82, 2.24) is 9.91 Å². The van der Waals surface area contributed by atoms with E-state index >= 15 is 0 Å². The van der Waals surface area contributed by atoms with Gasteiger partial charge in [0.05, 0.1) is 38.2 Å². The smallest absolute Gasteiger partial charge is 0.257 e. The molecule has 1 atom stereocenters. The maximum Gasteiger partial charge on any atom is 0.257 e. The second-order valence-electron chi connectivity index (χ2n) is 10.1. The van der Waals surface area contributed by atoms with E-state index in [2.05, 4.69) is 36.9 Å². The van der Waals surface area contributed by atoms with Gasteiger partial charge in [-0.1, -0.05) is 24.3 Å². The highest BCUT2D eigenvalue weighted by Crippen LogP contribution is 2.39. The van der Waals surface area contributed by atoms with Crippen molar-refractivity contribution in [2.24, 2.45) is 5.10 Å². The molecule has 0 spiro atoms. The highest BCUT2D eigenvalue weighted by atomic mass is 19.1. The molecule has 7 nitrogen and oxygen atoms in total. The second kappa shape index (κ2) is 11.5. The lowest BCUT2D eigenvalue weighted by Gasteiger charge is -2.36. The van der Waals surface area contributed by atoms with Gasteiger partial charge in [0.25, 0.3) is 5.91 Å². The number of carbonyl (C=O) groups is 1. The molecule has 0 unspecified atom stereocenters. The number of ether oxygens (including phenoxy) is 2. The first kappa shape index (κ1) is 26.7. The van der Waals surface area contributed by atoms with Crippen LogP contribution in [0.15, 0.2) is 65.8 Å². The molecule has 1 fully saturated rings.